The molecule has 1 N–H and O–H groups in total. The maximum atomic E-state index is 13.4. The molecule has 102 valence electrons. The number of benzene rings is 1. The Morgan fingerprint density at radius 1 is 1.39 bits per heavy atom. The van der Waals surface area contributed by atoms with Crippen molar-refractivity contribution in [3.05, 3.63) is 29.6 Å². The third-order valence-corrected chi connectivity index (χ3v) is 4.67. The summed E-state index contributed by atoms with van der Waals surface area (Å²) in [4.78, 5) is -0.0506. The van der Waals surface area contributed by atoms with Gasteiger partial charge < -0.3 is 5.11 Å². The van der Waals surface area contributed by atoms with Gasteiger partial charge in [-0.25, -0.2) is 12.8 Å². The maximum Gasteiger partial charge on any atom is 0.243 e. The van der Waals surface area contributed by atoms with Crippen molar-refractivity contribution in [2.45, 2.75) is 25.2 Å². The summed E-state index contributed by atoms with van der Waals surface area (Å²) in [6.45, 7) is 3.73. The van der Waals surface area contributed by atoms with Crippen LogP contribution in [0, 0.1) is 12.7 Å². The lowest BCUT2D eigenvalue weighted by Gasteiger charge is -2.20. The number of halogens is 1. The van der Waals surface area contributed by atoms with Crippen molar-refractivity contribution in [3.63, 3.8) is 0 Å². The average Bonchev–Trinajstić information content (AvgIpc) is 2.33. The van der Waals surface area contributed by atoms with Crippen LogP contribution in [0.3, 0.4) is 0 Å². The minimum absolute atomic E-state index is 0.0506. The number of aryl methyl sites for hydroxylation is 1. The first-order chi connectivity index (χ1) is 8.43. The molecule has 0 fully saturated rings. The molecule has 0 unspecified atom stereocenters. The molecule has 0 bridgehead atoms. The van der Waals surface area contributed by atoms with Gasteiger partial charge in [0.05, 0.1) is 4.90 Å². The first kappa shape index (κ1) is 15.1. The molecule has 0 saturated heterocycles. The summed E-state index contributed by atoms with van der Waals surface area (Å²) in [5.41, 5.74) is 0.410. The number of hydrogen-bond donors (Lipinski definition) is 1. The van der Waals surface area contributed by atoms with Gasteiger partial charge in [-0.15, -0.1) is 0 Å². The van der Waals surface area contributed by atoms with Gasteiger partial charge in [0.1, 0.15) is 5.82 Å². The van der Waals surface area contributed by atoms with Gasteiger partial charge in [-0.2, -0.15) is 4.31 Å². The summed E-state index contributed by atoms with van der Waals surface area (Å²) in [5.74, 6) is -0.533. The van der Waals surface area contributed by atoms with E-state index in [0.29, 0.717) is 12.0 Å². The van der Waals surface area contributed by atoms with E-state index in [4.69, 9.17) is 5.11 Å². The van der Waals surface area contributed by atoms with E-state index < -0.39 is 15.8 Å². The minimum Gasteiger partial charge on any atom is -0.396 e. The van der Waals surface area contributed by atoms with Crippen LogP contribution in [0.15, 0.2) is 23.1 Å². The molecule has 0 saturated carbocycles. The summed E-state index contributed by atoms with van der Waals surface area (Å²) < 4.78 is 39.1. The Morgan fingerprint density at radius 3 is 2.56 bits per heavy atom. The second-order valence-corrected chi connectivity index (χ2v) is 5.92. The molecule has 0 radical (unpaired) electrons. The van der Waals surface area contributed by atoms with Crippen LogP contribution in [-0.2, 0) is 10.0 Å². The van der Waals surface area contributed by atoms with Crippen molar-refractivity contribution in [2.75, 3.05) is 19.7 Å². The monoisotopic (exact) mass is 275 g/mol. The Kier molecular flexibility index (Phi) is 5.25. The number of nitrogens with zero attached hydrogens (tertiary/aromatic N) is 1. The molecule has 0 amide bonds. The van der Waals surface area contributed by atoms with E-state index in [1.165, 1.54) is 16.4 Å². The lowest BCUT2D eigenvalue weighted by molar-refractivity contribution is 0.271. The van der Waals surface area contributed by atoms with Gasteiger partial charge in [0.2, 0.25) is 10.0 Å². The number of aliphatic hydroxyl groups is 1. The Labute approximate surface area is 107 Å². The molecule has 0 spiro atoms. The lowest BCUT2D eigenvalue weighted by atomic mass is 10.2. The van der Waals surface area contributed by atoms with Gasteiger partial charge in [0, 0.05) is 19.7 Å². The van der Waals surface area contributed by atoms with Crippen LogP contribution in [-0.4, -0.2) is 37.5 Å². The summed E-state index contributed by atoms with van der Waals surface area (Å²) >= 11 is 0. The highest BCUT2D eigenvalue weighted by Crippen LogP contribution is 2.18. The second-order valence-electron chi connectivity index (χ2n) is 3.98. The van der Waals surface area contributed by atoms with Crippen LogP contribution in [0.4, 0.5) is 4.39 Å². The van der Waals surface area contributed by atoms with E-state index in [-0.39, 0.29) is 24.6 Å². The van der Waals surface area contributed by atoms with Crippen molar-refractivity contribution in [1.82, 2.24) is 4.31 Å². The van der Waals surface area contributed by atoms with Gasteiger partial charge in [0.25, 0.3) is 0 Å². The van der Waals surface area contributed by atoms with E-state index in [9.17, 15) is 12.8 Å². The zero-order valence-corrected chi connectivity index (χ0v) is 11.4. The van der Waals surface area contributed by atoms with E-state index in [2.05, 4.69) is 0 Å². The maximum absolute atomic E-state index is 13.4. The molecule has 1 rings (SSSR count). The van der Waals surface area contributed by atoms with Crippen LogP contribution in [0.1, 0.15) is 18.9 Å². The first-order valence-corrected chi connectivity index (χ1v) is 7.24. The third kappa shape index (κ3) is 3.28. The van der Waals surface area contributed by atoms with Crippen molar-refractivity contribution >= 4 is 10.0 Å². The fourth-order valence-electron chi connectivity index (χ4n) is 1.58. The Balaban J connectivity index is 3.06. The lowest BCUT2D eigenvalue weighted by Crippen LogP contribution is -2.32. The quantitative estimate of drug-likeness (QED) is 0.856. The third-order valence-electron chi connectivity index (χ3n) is 2.70. The van der Waals surface area contributed by atoms with Crippen molar-refractivity contribution in [2.24, 2.45) is 0 Å². The van der Waals surface area contributed by atoms with Gasteiger partial charge in [-0.1, -0.05) is 13.0 Å². The van der Waals surface area contributed by atoms with E-state index in [0.717, 1.165) is 6.07 Å². The zero-order chi connectivity index (χ0) is 13.8. The first-order valence-electron chi connectivity index (χ1n) is 5.80. The highest BCUT2D eigenvalue weighted by Gasteiger charge is 2.23. The van der Waals surface area contributed by atoms with Gasteiger partial charge in [-0.05, 0) is 31.0 Å². The van der Waals surface area contributed by atoms with Gasteiger partial charge >= 0.3 is 0 Å². The number of sulfonamides is 1. The average molecular weight is 275 g/mol. The topological polar surface area (TPSA) is 57.6 Å². The van der Waals surface area contributed by atoms with Crippen LogP contribution < -0.4 is 0 Å². The molecule has 0 aliphatic rings. The predicted molar refractivity (Wildman–Crippen MR) is 67.3 cm³/mol. The second kappa shape index (κ2) is 6.26. The highest BCUT2D eigenvalue weighted by molar-refractivity contribution is 7.89. The summed E-state index contributed by atoms with van der Waals surface area (Å²) in [5, 5.41) is 8.75. The molecular weight excluding hydrogens is 257 g/mol. The fourth-order valence-corrected chi connectivity index (χ4v) is 3.08. The molecule has 0 heterocycles. The SMILES string of the molecule is CCN(CCCO)S(=O)(=O)c1ccc(C)c(F)c1. The minimum atomic E-state index is -3.68. The molecule has 0 aliphatic heterocycles. The molecule has 0 aliphatic carbocycles. The zero-order valence-electron chi connectivity index (χ0n) is 10.6. The Hall–Kier alpha value is -0.980. The smallest absolute Gasteiger partial charge is 0.243 e. The number of aliphatic hydroxyl groups excluding tert-OH is 1. The van der Waals surface area contributed by atoms with E-state index in [1.54, 1.807) is 13.8 Å². The summed E-state index contributed by atoms with van der Waals surface area (Å²) in [6.07, 6.45) is 0.363. The molecule has 18 heavy (non-hydrogen) atoms. The summed E-state index contributed by atoms with van der Waals surface area (Å²) in [6, 6.07) is 3.88. The Bertz CT molecular complexity index is 502. The van der Waals surface area contributed by atoms with E-state index >= 15 is 0 Å². The van der Waals surface area contributed by atoms with Crippen molar-refractivity contribution < 1.29 is 17.9 Å². The van der Waals surface area contributed by atoms with Gasteiger partial charge in [-0.3, -0.25) is 0 Å². The number of hydrogen-bond acceptors (Lipinski definition) is 3. The standard InChI is InChI=1S/C12H18FNO3S/c1-3-14(7-4-8-15)18(16,17)11-6-5-10(2)12(13)9-11/h5-6,9,15H,3-4,7-8H2,1-2H3. The van der Waals surface area contributed by atoms with Gasteiger partial charge in [0.15, 0.2) is 0 Å². The highest BCUT2D eigenvalue weighted by atomic mass is 32.2. The molecule has 1 aromatic carbocycles. The fraction of sp³-hybridized carbons (Fsp3) is 0.500. The van der Waals surface area contributed by atoms with E-state index in [1.807, 2.05) is 0 Å². The molecule has 6 heteroatoms. The largest absolute Gasteiger partial charge is 0.396 e. The predicted octanol–water partition coefficient (Wildman–Crippen LogP) is 1.53. The summed E-state index contributed by atoms with van der Waals surface area (Å²) in [7, 11) is -3.68. The van der Waals surface area contributed by atoms with Crippen LogP contribution in [0.2, 0.25) is 0 Å². The van der Waals surface area contributed by atoms with Crippen LogP contribution in [0.25, 0.3) is 0 Å². The van der Waals surface area contributed by atoms with Crippen molar-refractivity contribution in [3.8, 4) is 0 Å². The molecule has 1 aromatic rings. The van der Waals surface area contributed by atoms with Crippen molar-refractivity contribution in [1.29, 1.82) is 0 Å². The molecule has 0 atom stereocenters. The van der Waals surface area contributed by atoms with Crippen LogP contribution in [0.5, 0.6) is 0 Å². The Morgan fingerprint density at radius 2 is 2.06 bits per heavy atom. The normalized spacial score (nSPS) is 12.1. The number of rotatable bonds is 6. The van der Waals surface area contributed by atoms with Crippen LogP contribution >= 0.6 is 0 Å². The molecule has 0 aromatic heterocycles. The molecule has 4 nitrogen and oxygen atoms in total. The molecular formula is C12H18FNO3S.